The summed E-state index contributed by atoms with van der Waals surface area (Å²) >= 11 is 9.27. The van der Waals surface area contributed by atoms with Crippen molar-refractivity contribution in [3.63, 3.8) is 0 Å². The summed E-state index contributed by atoms with van der Waals surface area (Å²) in [6, 6.07) is 9.70. The zero-order chi connectivity index (χ0) is 24.3. The number of hydrogen-bond donors (Lipinski definition) is 2. The minimum Gasteiger partial charge on any atom is -0.444 e. The molecule has 0 aliphatic rings. The first-order valence-electron chi connectivity index (χ1n) is 9.75. The zero-order valence-electron chi connectivity index (χ0n) is 18.5. The zero-order valence-corrected chi connectivity index (χ0v) is 21.6. The molecule has 2 aromatic rings. The van der Waals surface area contributed by atoms with Gasteiger partial charge in [0.15, 0.2) is 0 Å². The predicted molar refractivity (Wildman–Crippen MR) is 127 cm³/mol. The largest absolute Gasteiger partial charge is 0.444 e. The highest BCUT2D eigenvalue weighted by molar-refractivity contribution is 9.10. The molecule has 0 bridgehead atoms. The Morgan fingerprint density at radius 3 is 2.12 bits per heavy atom. The lowest BCUT2D eigenvalue weighted by molar-refractivity contribution is -0.120. The topological polar surface area (TPSA) is 102 Å². The fourth-order valence-corrected chi connectivity index (χ4v) is 5.42. The Kier molecular flexibility index (Phi) is 8.36. The second-order valence-electron chi connectivity index (χ2n) is 8.33. The van der Waals surface area contributed by atoms with Crippen molar-refractivity contribution in [2.75, 3.05) is 6.54 Å². The number of ether oxygens (including phenoxy) is 1. The molecule has 1 atom stereocenters. The summed E-state index contributed by atoms with van der Waals surface area (Å²) < 4.78 is 34.2. The second-order valence-corrected chi connectivity index (χ2v) is 11.3. The summed E-state index contributed by atoms with van der Waals surface area (Å²) in [5.41, 5.74) is 0.754. The highest BCUT2D eigenvalue weighted by Gasteiger charge is 2.29. The standard InChI is InChI=1S/C22H26BrClN2O5S/c1-13-10-16(23)11-14(2)19(13)32(29,30)26-20(27)18(15-6-8-17(24)9-7-15)12-25-21(28)31-22(3,4)5/h6-11,18H,12H2,1-5H3,(H,25,28)(H,26,27). The van der Waals surface area contributed by atoms with Gasteiger partial charge in [0.1, 0.15) is 5.60 Å². The lowest BCUT2D eigenvalue weighted by atomic mass is 9.98. The van der Waals surface area contributed by atoms with E-state index in [9.17, 15) is 18.0 Å². The summed E-state index contributed by atoms with van der Waals surface area (Å²) in [4.78, 5) is 25.2. The first-order chi connectivity index (χ1) is 14.7. The number of amides is 2. The van der Waals surface area contributed by atoms with Crippen molar-refractivity contribution in [2.45, 2.75) is 51.0 Å². The number of halogens is 2. The van der Waals surface area contributed by atoms with Crippen LogP contribution in [0.1, 0.15) is 43.4 Å². The van der Waals surface area contributed by atoms with Gasteiger partial charge < -0.3 is 10.1 Å². The summed E-state index contributed by atoms with van der Waals surface area (Å²) in [6.45, 7) is 8.27. The SMILES string of the molecule is Cc1cc(Br)cc(C)c1S(=O)(=O)NC(=O)C(CNC(=O)OC(C)(C)C)c1ccc(Cl)cc1. The molecule has 2 rings (SSSR count). The van der Waals surface area contributed by atoms with Crippen LogP contribution in [0.5, 0.6) is 0 Å². The Bertz CT molecular complexity index is 1090. The van der Waals surface area contributed by atoms with Gasteiger partial charge in [-0.25, -0.2) is 17.9 Å². The van der Waals surface area contributed by atoms with Crippen LogP contribution in [0.25, 0.3) is 0 Å². The number of rotatable bonds is 6. The number of alkyl carbamates (subject to hydrolysis) is 1. The fourth-order valence-electron chi connectivity index (χ4n) is 3.13. The first-order valence-corrected chi connectivity index (χ1v) is 12.4. The third-order valence-electron chi connectivity index (χ3n) is 4.37. The third-order valence-corrected chi connectivity index (χ3v) is 6.73. The van der Waals surface area contributed by atoms with E-state index in [1.165, 1.54) is 0 Å². The van der Waals surface area contributed by atoms with Crippen LogP contribution in [-0.2, 0) is 19.6 Å². The molecule has 0 spiro atoms. The van der Waals surface area contributed by atoms with Gasteiger partial charge in [-0.05, 0) is 75.6 Å². The molecule has 2 aromatic carbocycles. The van der Waals surface area contributed by atoms with E-state index in [0.717, 1.165) is 4.47 Å². The van der Waals surface area contributed by atoms with Gasteiger partial charge in [-0.15, -0.1) is 0 Å². The van der Waals surface area contributed by atoms with Crippen LogP contribution in [0.4, 0.5) is 4.79 Å². The van der Waals surface area contributed by atoms with Crippen molar-refractivity contribution < 1.29 is 22.7 Å². The van der Waals surface area contributed by atoms with Crippen LogP contribution in [-0.4, -0.2) is 32.6 Å². The summed E-state index contributed by atoms with van der Waals surface area (Å²) in [5.74, 6) is -1.78. The predicted octanol–water partition coefficient (Wildman–Crippen LogP) is 4.83. The molecule has 2 N–H and O–H groups in total. The van der Waals surface area contributed by atoms with Gasteiger partial charge in [0, 0.05) is 16.0 Å². The van der Waals surface area contributed by atoms with E-state index in [1.54, 1.807) is 71.0 Å². The number of carbonyl (C=O) groups excluding carboxylic acids is 2. The molecule has 0 saturated carbocycles. The number of sulfonamides is 1. The molecule has 7 nitrogen and oxygen atoms in total. The van der Waals surface area contributed by atoms with E-state index in [4.69, 9.17) is 16.3 Å². The second kappa shape index (κ2) is 10.2. The molecule has 0 aliphatic heterocycles. The minimum atomic E-state index is -4.16. The van der Waals surface area contributed by atoms with Gasteiger partial charge in [0.25, 0.3) is 10.0 Å². The van der Waals surface area contributed by atoms with Crippen LogP contribution < -0.4 is 10.0 Å². The van der Waals surface area contributed by atoms with Crippen molar-refractivity contribution in [3.8, 4) is 0 Å². The molecule has 0 aliphatic carbocycles. The molecule has 2 amide bonds. The number of carbonyl (C=O) groups is 2. The van der Waals surface area contributed by atoms with E-state index in [1.807, 2.05) is 0 Å². The van der Waals surface area contributed by atoms with Crippen LogP contribution in [0.3, 0.4) is 0 Å². The average Bonchev–Trinajstić information content (AvgIpc) is 2.60. The Labute approximate surface area is 202 Å². The first kappa shape index (κ1) is 26.2. The van der Waals surface area contributed by atoms with Crippen LogP contribution in [0.2, 0.25) is 5.02 Å². The van der Waals surface area contributed by atoms with Gasteiger partial charge >= 0.3 is 6.09 Å². The fraction of sp³-hybridized carbons (Fsp3) is 0.364. The molecule has 0 heterocycles. The third kappa shape index (κ3) is 7.21. The Hall–Kier alpha value is -2.10. The van der Waals surface area contributed by atoms with Gasteiger partial charge in [-0.3, -0.25) is 4.79 Å². The van der Waals surface area contributed by atoms with Crippen molar-refractivity contribution in [1.82, 2.24) is 10.0 Å². The molecule has 174 valence electrons. The summed E-state index contributed by atoms with van der Waals surface area (Å²) in [5, 5.41) is 2.99. The number of benzene rings is 2. The summed E-state index contributed by atoms with van der Waals surface area (Å²) in [6.07, 6.45) is -0.716. The average molecular weight is 546 g/mol. The van der Waals surface area contributed by atoms with Crippen LogP contribution in [0, 0.1) is 13.8 Å². The normalized spacial score (nSPS) is 12.7. The summed E-state index contributed by atoms with van der Waals surface area (Å²) in [7, 11) is -4.16. The maximum atomic E-state index is 13.1. The molecule has 1 unspecified atom stereocenters. The Morgan fingerprint density at radius 1 is 1.09 bits per heavy atom. The van der Waals surface area contributed by atoms with Gasteiger partial charge in [0.05, 0.1) is 10.8 Å². The van der Waals surface area contributed by atoms with Crippen LogP contribution >= 0.6 is 27.5 Å². The molecule has 0 saturated heterocycles. The monoisotopic (exact) mass is 544 g/mol. The molecule has 0 aromatic heterocycles. The Balaban J connectivity index is 2.31. The minimum absolute atomic E-state index is 0.0315. The molecular formula is C22H26BrClN2O5S. The van der Waals surface area contributed by atoms with E-state index >= 15 is 0 Å². The van der Waals surface area contributed by atoms with E-state index < -0.39 is 33.5 Å². The highest BCUT2D eigenvalue weighted by Crippen LogP contribution is 2.26. The van der Waals surface area contributed by atoms with E-state index in [0.29, 0.717) is 21.7 Å². The molecular weight excluding hydrogens is 520 g/mol. The maximum absolute atomic E-state index is 13.1. The Morgan fingerprint density at radius 2 is 1.62 bits per heavy atom. The molecule has 0 fully saturated rings. The van der Waals surface area contributed by atoms with Gasteiger partial charge in [0.2, 0.25) is 5.91 Å². The maximum Gasteiger partial charge on any atom is 0.407 e. The van der Waals surface area contributed by atoms with Gasteiger partial charge in [-0.2, -0.15) is 0 Å². The number of nitrogens with one attached hydrogen (secondary N) is 2. The molecule has 10 heteroatoms. The van der Waals surface area contributed by atoms with Crippen molar-refractivity contribution >= 4 is 49.6 Å². The quantitative estimate of drug-likeness (QED) is 0.541. The van der Waals surface area contributed by atoms with Crippen molar-refractivity contribution in [3.05, 3.63) is 62.6 Å². The van der Waals surface area contributed by atoms with Crippen molar-refractivity contribution in [1.29, 1.82) is 0 Å². The molecule has 32 heavy (non-hydrogen) atoms. The lowest BCUT2D eigenvalue weighted by Gasteiger charge is -2.22. The molecule has 0 radical (unpaired) electrons. The van der Waals surface area contributed by atoms with Crippen molar-refractivity contribution in [2.24, 2.45) is 0 Å². The number of aryl methyl sites for hydroxylation is 2. The number of hydrogen-bond acceptors (Lipinski definition) is 5. The van der Waals surface area contributed by atoms with E-state index in [-0.39, 0.29) is 11.4 Å². The van der Waals surface area contributed by atoms with Gasteiger partial charge in [-0.1, -0.05) is 39.7 Å². The van der Waals surface area contributed by atoms with Crippen LogP contribution in [0.15, 0.2) is 45.8 Å². The smallest absolute Gasteiger partial charge is 0.407 e. The lowest BCUT2D eigenvalue weighted by Crippen LogP contribution is -2.41. The van der Waals surface area contributed by atoms with E-state index in [2.05, 4.69) is 26.0 Å². The highest BCUT2D eigenvalue weighted by atomic mass is 79.9.